The number of carbonyl (C=O) groups is 2. The van der Waals surface area contributed by atoms with Crippen LogP contribution in [-0.2, 0) is 9.53 Å². The van der Waals surface area contributed by atoms with Crippen LogP contribution < -0.4 is 15.8 Å². The van der Waals surface area contributed by atoms with Crippen LogP contribution in [0, 0.1) is 0 Å². The van der Waals surface area contributed by atoms with Crippen molar-refractivity contribution in [2.75, 3.05) is 13.2 Å². The molecule has 114 valence electrons. The minimum Gasteiger partial charge on any atom is -0.474 e. The Morgan fingerprint density at radius 3 is 2.86 bits per heavy atom. The van der Waals surface area contributed by atoms with Gasteiger partial charge in [0, 0.05) is 30.7 Å². The van der Waals surface area contributed by atoms with Crippen molar-refractivity contribution < 1.29 is 19.1 Å². The maximum absolute atomic E-state index is 12.0. The molecule has 2 amide bonds. The maximum atomic E-state index is 12.0. The van der Waals surface area contributed by atoms with Crippen molar-refractivity contribution in [2.24, 2.45) is 5.73 Å². The molecule has 1 aromatic rings. The summed E-state index contributed by atoms with van der Waals surface area (Å²) < 4.78 is 11.0. The molecule has 21 heavy (non-hydrogen) atoms. The number of hydrogen-bond acceptors (Lipinski definition) is 5. The summed E-state index contributed by atoms with van der Waals surface area (Å²) in [7, 11) is 0. The molecule has 0 aromatic carbocycles. The van der Waals surface area contributed by atoms with E-state index in [0.29, 0.717) is 24.7 Å². The second kappa shape index (κ2) is 7.03. The zero-order chi connectivity index (χ0) is 15.2. The molecule has 2 heterocycles. The van der Waals surface area contributed by atoms with Crippen LogP contribution in [0.1, 0.15) is 30.1 Å². The first-order chi connectivity index (χ1) is 10.1. The number of hydrogen-bond donors (Lipinski definition) is 2. The minimum absolute atomic E-state index is 0.0501. The van der Waals surface area contributed by atoms with Gasteiger partial charge in [0.25, 0.3) is 5.91 Å². The van der Waals surface area contributed by atoms with E-state index in [0.717, 1.165) is 12.8 Å². The molecular formula is C14H19N3O4. The van der Waals surface area contributed by atoms with Crippen molar-refractivity contribution >= 4 is 11.8 Å². The van der Waals surface area contributed by atoms with Gasteiger partial charge in [-0.1, -0.05) is 0 Å². The van der Waals surface area contributed by atoms with E-state index in [2.05, 4.69) is 10.3 Å². The Labute approximate surface area is 122 Å². The van der Waals surface area contributed by atoms with Gasteiger partial charge in [0.15, 0.2) is 0 Å². The number of nitrogens with two attached hydrogens (primary N) is 1. The minimum atomic E-state index is -0.731. The van der Waals surface area contributed by atoms with E-state index in [4.69, 9.17) is 15.2 Å². The highest BCUT2D eigenvalue weighted by molar-refractivity contribution is 5.97. The Morgan fingerprint density at radius 2 is 2.19 bits per heavy atom. The third-order valence-electron chi connectivity index (χ3n) is 3.23. The summed E-state index contributed by atoms with van der Waals surface area (Å²) in [6.45, 7) is 2.86. The molecule has 0 spiro atoms. The molecule has 7 heteroatoms. The summed E-state index contributed by atoms with van der Waals surface area (Å²) in [5, 5.41) is 2.51. The van der Waals surface area contributed by atoms with Crippen molar-refractivity contribution in [2.45, 2.75) is 31.9 Å². The third-order valence-corrected chi connectivity index (χ3v) is 3.23. The highest BCUT2D eigenvalue weighted by atomic mass is 16.5. The summed E-state index contributed by atoms with van der Waals surface area (Å²) >= 11 is 0. The number of nitrogens with zero attached hydrogens (tertiary/aromatic N) is 1. The van der Waals surface area contributed by atoms with Crippen LogP contribution >= 0.6 is 0 Å². The number of primary amides is 1. The lowest BCUT2D eigenvalue weighted by Gasteiger charge is -2.22. The largest absolute Gasteiger partial charge is 0.474 e. The van der Waals surface area contributed by atoms with Gasteiger partial charge in [0.1, 0.15) is 12.1 Å². The van der Waals surface area contributed by atoms with Crippen LogP contribution in [-0.4, -0.2) is 42.2 Å². The molecule has 3 N–H and O–H groups in total. The van der Waals surface area contributed by atoms with Gasteiger partial charge in [-0.15, -0.1) is 0 Å². The first kappa shape index (κ1) is 15.2. The molecule has 1 aliphatic heterocycles. The summed E-state index contributed by atoms with van der Waals surface area (Å²) in [6, 6.07) is 2.38. The van der Waals surface area contributed by atoms with Crippen molar-refractivity contribution in [1.82, 2.24) is 10.3 Å². The van der Waals surface area contributed by atoms with Crippen LogP contribution in [0.15, 0.2) is 18.3 Å². The van der Waals surface area contributed by atoms with Gasteiger partial charge in [-0.3, -0.25) is 9.59 Å². The first-order valence-corrected chi connectivity index (χ1v) is 6.87. The molecule has 1 fully saturated rings. The van der Waals surface area contributed by atoms with E-state index in [1.807, 2.05) is 0 Å². The first-order valence-electron chi connectivity index (χ1n) is 6.87. The molecule has 1 unspecified atom stereocenters. The number of aromatic nitrogens is 1. The third kappa shape index (κ3) is 4.42. The standard InChI is InChI=1S/C14H19N3O4/c1-9(13(15)18)17-14(19)10-2-5-16-12(8-10)21-11-3-6-20-7-4-11/h2,5,8-9,11H,3-4,6-7H2,1H3,(H2,15,18)(H,17,19). The van der Waals surface area contributed by atoms with Crippen LogP contribution in [0.25, 0.3) is 0 Å². The number of rotatable bonds is 5. The van der Waals surface area contributed by atoms with E-state index in [9.17, 15) is 9.59 Å². The van der Waals surface area contributed by atoms with E-state index in [1.165, 1.54) is 13.1 Å². The summed E-state index contributed by atoms with van der Waals surface area (Å²) in [5.74, 6) is -0.585. The lowest BCUT2D eigenvalue weighted by Crippen LogP contribution is -2.42. The lowest BCUT2D eigenvalue weighted by molar-refractivity contribution is -0.119. The molecule has 0 aliphatic carbocycles. The quantitative estimate of drug-likeness (QED) is 0.809. The molecule has 1 aliphatic rings. The summed E-state index contributed by atoms with van der Waals surface area (Å²) in [4.78, 5) is 27.0. The Morgan fingerprint density at radius 1 is 1.48 bits per heavy atom. The molecule has 0 saturated carbocycles. The topological polar surface area (TPSA) is 104 Å². The zero-order valence-corrected chi connectivity index (χ0v) is 11.9. The van der Waals surface area contributed by atoms with Crippen LogP contribution in [0.5, 0.6) is 5.88 Å². The molecular weight excluding hydrogens is 274 g/mol. The fraction of sp³-hybridized carbons (Fsp3) is 0.500. The highest BCUT2D eigenvalue weighted by Gasteiger charge is 2.18. The van der Waals surface area contributed by atoms with Gasteiger partial charge in [-0.2, -0.15) is 0 Å². The fourth-order valence-electron chi connectivity index (χ4n) is 1.93. The van der Waals surface area contributed by atoms with E-state index in [-0.39, 0.29) is 12.0 Å². The molecule has 1 atom stereocenters. The summed E-state index contributed by atoms with van der Waals surface area (Å²) in [5.41, 5.74) is 5.49. The number of carbonyl (C=O) groups excluding carboxylic acids is 2. The molecule has 7 nitrogen and oxygen atoms in total. The van der Waals surface area contributed by atoms with Crippen LogP contribution in [0.3, 0.4) is 0 Å². The fourth-order valence-corrected chi connectivity index (χ4v) is 1.93. The van der Waals surface area contributed by atoms with Gasteiger partial charge in [0.05, 0.1) is 13.2 Å². The Bertz CT molecular complexity index is 515. The molecule has 1 aromatic heterocycles. The van der Waals surface area contributed by atoms with E-state index >= 15 is 0 Å². The van der Waals surface area contributed by atoms with Crippen molar-refractivity contribution in [3.63, 3.8) is 0 Å². The second-order valence-electron chi connectivity index (χ2n) is 4.91. The molecule has 1 saturated heterocycles. The average Bonchev–Trinajstić information content (AvgIpc) is 2.48. The lowest BCUT2D eigenvalue weighted by atomic mass is 10.1. The SMILES string of the molecule is CC(NC(=O)c1ccnc(OC2CCOCC2)c1)C(N)=O. The van der Waals surface area contributed by atoms with Gasteiger partial charge in [-0.25, -0.2) is 4.98 Å². The average molecular weight is 293 g/mol. The second-order valence-corrected chi connectivity index (χ2v) is 4.91. The van der Waals surface area contributed by atoms with Gasteiger partial charge < -0.3 is 20.5 Å². The molecule has 0 radical (unpaired) electrons. The van der Waals surface area contributed by atoms with Crippen LogP contribution in [0.4, 0.5) is 0 Å². The smallest absolute Gasteiger partial charge is 0.252 e. The Kier molecular flexibility index (Phi) is 5.10. The van der Waals surface area contributed by atoms with E-state index < -0.39 is 11.9 Å². The highest BCUT2D eigenvalue weighted by Crippen LogP contribution is 2.16. The van der Waals surface area contributed by atoms with Crippen molar-refractivity contribution in [3.8, 4) is 5.88 Å². The Hall–Kier alpha value is -2.15. The number of nitrogens with one attached hydrogen (secondary N) is 1. The zero-order valence-electron chi connectivity index (χ0n) is 11.9. The predicted octanol–water partition coefficient (Wildman–Crippen LogP) is 0.243. The molecule has 0 bridgehead atoms. The summed E-state index contributed by atoms with van der Waals surface area (Å²) in [6.07, 6.45) is 3.15. The number of ether oxygens (including phenoxy) is 2. The van der Waals surface area contributed by atoms with Gasteiger partial charge >= 0.3 is 0 Å². The number of amides is 2. The van der Waals surface area contributed by atoms with Gasteiger partial charge in [-0.05, 0) is 13.0 Å². The Balaban J connectivity index is 1.99. The van der Waals surface area contributed by atoms with E-state index in [1.54, 1.807) is 12.1 Å². The maximum Gasteiger partial charge on any atom is 0.252 e. The predicted molar refractivity (Wildman–Crippen MR) is 74.8 cm³/mol. The van der Waals surface area contributed by atoms with Crippen molar-refractivity contribution in [3.05, 3.63) is 23.9 Å². The van der Waals surface area contributed by atoms with Crippen molar-refractivity contribution in [1.29, 1.82) is 0 Å². The normalized spacial score (nSPS) is 17.0. The monoisotopic (exact) mass is 293 g/mol. The number of pyridine rings is 1. The molecule has 2 rings (SSSR count). The van der Waals surface area contributed by atoms with Gasteiger partial charge in [0.2, 0.25) is 11.8 Å². The van der Waals surface area contributed by atoms with Crippen LogP contribution in [0.2, 0.25) is 0 Å².